The highest BCUT2D eigenvalue weighted by molar-refractivity contribution is 5.35. The number of rotatable bonds is 2. The first-order chi connectivity index (χ1) is 6.33. The van der Waals surface area contributed by atoms with E-state index in [4.69, 9.17) is 5.26 Å². The van der Waals surface area contributed by atoms with Crippen molar-refractivity contribution in [3.8, 4) is 6.07 Å². The van der Waals surface area contributed by atoms with E-state index in [1.807, 2.05) is 18.2 Å². The molecule has 0 radical (unpaired) electrons. The fourth-order valence-electron chi connectivity index (χ4n) is 1.73. The first-order valence-corrected chi connectivity index (χ1v) is 4.47. The predicted molar refractivity (Wildman–Crippen MR) is 52.0 cm³/mol. The summed E-state index contributed by atoms with van der Waals surface area (Å²) in [6.07, 6.45) is 1.09. The summed E-state index contributed by atoms with van der Waals surface area (Å²) in [4.78, 5) is 0. The van der Waals surface area contributed by atoms with Crippen molar-refractivity contribution in [1.29, 1.82) is 5.26 Å². The predicted octanol–water partition coefficient (Wildman–Crippen LogP) is 2.87. The third-order valence-corrected chi connectivity index (χ3v) is 2.61. The van der Waals surface area contributed by atoms with Crippen LogP contribution in [-0.4, -0.2) is 0 Å². The lowest BCUT2D eigenvalue weighted by molar-refractivity contribution is 0.976. The minimum atomic E-state index is 0.410. The van der Waals surface area contributed by atoms with Gasteiger partial charge in [-0.1, -0.05) is 36.9 Å². The maximum Gasteiger partial charge on any atom is 0.0944 e. The summed E-state index contributed by atoms with van der Waals surface area (Å²) in [7, 11) is 0. The molecule has 1 fully saturated rings. The summed E-state index contributed by atoms with van der Waals surface area (Å²) in [5.74, 6) is 0.959. The van der Waals surface area contributed by atoms with Gasteiger partial charge in [-0.05, 0) is 17.9 Å². The molecular weight excluding hydrogens is 158 g/mol. The lowest BCUT2D eigenvalue weighted by atomic mass is 10.1. The highest BCUT2D eigenvalue weighted by Gasteiger charge is 2.40. The number of hydrogen-bond acceptors (Lipinski definition) is 1. The third-order valence-electron chi connectivity index (χ3n) is 2.61. The fourth-order valence-corrected chi connectivity index (χ4v) is 1.73. The van der Waals surface area contributed by atoms with Gasteiger partial charge >= 0.3 is 0 Å². The zero-order valence-corrected chi connectivity index (χ0v) is 7.40. The molecule has 13 heavy (non-hydrogen) atoms. The standard InChI is InChI=1S/C12H11N/c1-9(8-13)11-7-12(11)10-5-3-2-4-6-10/h2-6,11-12H,1,7H2. The normalized spacial score (nSPS) is 24.8. The van der Waals surface area contributed by atoms with Crippen molar-refractivity contribution < 1.29 is 0 Å². The molecule has 0 aromatic heterocycles. The quantitative estimate of drug-likeness (QED) is 0.624. The first kappa shape index (κ1) is 8.07. The van der Waals surface area contributed by atoms with Gasteiger partial charge in [0.25, 0.3) is 0 Å². The Morgan fingerprint density at radius 3 is 2.69 bits per heavy atom. The molecule has 1 saturated carbocycles. The average molecular weight is 169 g/mol. The molecule has 0 aliphatic heterocycles. The van der Waals surface area contributed by atoms with Crippen LogP contribution in [0, 0.1) is 17.2 Å². The van der Waals surface area contributed by atoms with Gasteiger partial charge in [0.05, 0.1) is 6.07 Å². The van der Waals surface area contributed by atoms with Crippen LogP contribution in [0.3, 0.4) is 0 Å². The van der Waals surface area contributed by atoms with Crippen molar-refractivity contribution in [1.82, 2.24) is 0 Å². The Bertz CT molecular complexity index is 358. The smallest absolute Gasteiger partial charge is 0.0944 e. The topological polar surface area (TPSA) is 23.8 Å². The number of nitrogens with zero attached hydrogens (tertiary/aromatic N) is 1. The third kappa shape index (κ3) is 1.48. The highest BCUT2D eigenvalue weighted by Crippen LogP contribution is 2.50. The van der Waals surface area contributed by atoms with Gasteiger partial charge in [-0.3, -0.25) is 0 Å². The van der Waals surface area contributed by atoms with Gasteiger partial charge < -0.3 is 0 Å². The van der Waals surface area contributed by atoms with E-state index in [0.29, 0.717) is 11.8 Å². The second-order valence-corrected chi connectivity index (χ2v) is 3.50. The lowest BCUT2D eigenvalue weighted by Gasteiger charge is -1.97. The van der Waals surface area contributed by atoms with E-state index in [9.17, 15) is 0 Å². The highest BCUT2D eigenvalue weighted by atomic mass is 14.4. The molecule has 2 unspecified atom stereocenters. The lowest BCUT2D eigenvalue weighted by Crippen LogP contribution is -1.84. The summed E-state index contributed by atoms with van der Waals surface area (Å²) in [6, 6.07) is 12.5. The molecule has 1 heteroatoms. The Kier molecular flexibility index (Phi) is 1.90. The molecule has 0 amide bonds. The van der Waals surface area contributed by atoms with E-state index < -0.39 is 0 Å². The maximum atomic E-state index is 8.66. The van der Waals surface area contributed by atoms with Crippen molar-refractivity contribution in [2.45, 2.75) is 12.3 Å². The van der Waals surface area contributed by atoms with E-state index in [0.717, 1.165) is 12.0 Å². The van der Waals surface area contributed by atoms with Crippen molar-refractivity contribution in [3.05, 3.63) is 48.0 Å². The van der Waals surface area contributed by atoms with Crippen LogP contribution < -0.4 is 0 Å². The Balaban J connectivity index is 2.10. The van der Waals surface area contributed by atoms with Gasteiger partial charge in [0.15, 0.2) is 0 Å². The van der Waals surface area contributed by atoms with E-state index in [1.54, 1.807) is 0 Å². The van der Waals surface area contributed by atoms with Crippen LogP contribution in [0.1, 0.15) is 17.9 Å². The summed E-state index contributed by atoms with van der Waals surface area (Å²) >= 11 is 0. The molecule has 64 valence electrons. The molecule has 2 atom stereocenters. The summed E-state index contributed by atoms with van der Waals surface area (Å²) < 4.78 is 0. The van der Waals surface area contributed by atoms with Crippen molar-refractivity contribution in [2.24, 2.45) is 5.92 Å². The zero-order chi connectivity index (χ0) is 9.26. The molecule has 2 rings (SSSR count). The van der Waals surface area contributed by atoms with E-state index in [-0.39, 0.29) is 0 Å². The van der Waals surface area contributed by atoms with Gasteiger partial charge in [-0.15, -0.1) is 0 Å². The van der Waals surface area contributed by atoms with Crippen LogP contribution in [0.4, 0.5) is 0 Å². The Morgan fingerprint density at radius 1 is 1.38 bits per heavy atom. The van der Waals surface area contributed by atoms with Crippen LogP contribution in [-0.2, 0) is 0 Å². The van der Waals surface area contributed by atoms with Gasteiger partial charge in [-0.2, -0.15) is 5.26 Å². The van der Waals surface area contributed by atoms with Gasteiger partial charge in [0.2, 0.25) is 0 Å². The maximum absolute atomic E-state index is 8.66. The van der Waals surface area contributed by atoms with Gasteiger partial charge in [-0.25, -0.2) is 0 Å². The molecule has 1 aliphatic carbocycles. The van der Waals surface area contributed by atoms with E-state index >= 15 is 0 Å². The number of hydrogen-bond donors (Lipinski definition) is 0. The largest absolute Gasteiger partial charge is 0.193 e. The summed E-state index contributed by atoms with van der Waals surface area (Å²) in [6.45, 7) is 3.75. The number of allylic oxidation sites excluding steroid dienone is 1. The minimum Gasteiger partial charge on any atom is -0.193 e. The van der Waals surface area contributed by atoms with Crippen LogP contribution in [0.15, 0.2) is 42.5 Å². The Morgan fingerprint density at radius 2 is 2.08 bits per heavy atom. The van der Waals surface area contributed by atoms with E-state index in [2.05, 4.69) is 24.8 Å². The summed E-state index contributed by atoms with van der Waals surface area (Å²) in [5.41, 5.74) is 2.07. The molecule has 1 nitrogen and oxygen atoms in total. The molecule has 1 aromatic rings. The Hall–Kier alpha value is -1.55. The molecule has 0 heterocycles. The minimum absolute atomic E-state index is 0.410. The Labute approximate surface area is 78.3 Å². The average Bonchev–Trinajstić information content (AvgIpc) is 2.98. The number of benzene rings is 1. The molecular formula is C12H11N. The van der Waals surface area contributed by atoms with Crippen molar-refractivity contribution in [3.63, 3.8) is 0 Å². The van der Waals surface area contributed by atoms with Crippen molar-refractivity contribution >= 4 is 0 Å². The first-order valence-electron chi connectivity index (χ1n) is 4.47. The van der Waals surface area contributed by atoms with Crippen LogP contribution >= 0.6 is 0 Å². The van der Waals surface area contributed by atoms with Crippen LogP contribution in [0.5, 0.6) is 0 Å². The molecule has 0 saturated heterocycles. The molecule has 0 bridgehead atoms. The summed E-state index contributed by atoms with van der Waals surface area (Å²) in [5, 5.41) is 8.66. The molecule has 0 N–H and O–H groups in total. The van der Waals surface area contributed by atoms with Crippen LogP contribution in [0.2, 0.25) is 0 Å². The molecule has 1 aromatic carbocycles. The van der Waals surface area contributed by atoms with Crippen molar-refractivity contribution in [2.75, 3.05) is 0 Å². The van der Waals surface area contributed by atoms with Gasteiger partial charge in [0, 0.05) is 11.5 Å². The van der Waals surface area contributed by atoms with E-state index in [1.165, 1.54) is 5.56 Å². The zero-order valence-electron chi connectivity index (χ0n) is 7.40. The monoisotopic (exact) mass is 169 g/mol. The molecule has 0 spiro atoms. The number of nitriles is 1. The second kappa shape index (κ2) is 3.06. The fraction of sp³-hybridized carbons (Fsp3) is 0.250. The second-order valence-electron chi connectivity index (χ2n) is 3.50. The van der Waals surface area contributed by atoms with Crippen LogP contribution in [0.25, 0.3) is 0 Å². The van der Waals surface area contributed by atoms with Gasteiger partial charge in [0.1, 0.15) is 0 Å². The SMILES string of the molecule is C=C(C#N)C1CC1c1ccccc1. The molecule has 1 aliphatic rings.